The van der Waals surface area contributed by atoms with Crippen LogP contribution in [0.3, 0.4) is 0 Å². The number of H-pyrrole nitrogens is 1. The van der Waals surface area contributed by atoms with Crippen molar-refractivity contribution < 1.29 is 19.4 Å². The Morgan fingerprint density at radius 3 is 2.65 bits per heavy atom. The van der Waals surface area contributed by atoms with Gasteiger partial charge in [0.25, 0.3) is 0 Å². The summed E-state index contributed by atoms with van der Waals surface area (Å²) in [5, 5.41) is 17.2. The van der Waals surface area contributed by atoms with Crippen LogP contribution in [0.5, 0.6) is 0 Å². The number of nitrogens with one attached hydrogen (secondary N) is 2. The van der Waals surface area contributed by atoms with Crippen LogP contribution in [0.4, 0.5) is 4.79 Å². The lowest BCUT2D eigenvalue weighted by Gasteiger charge is -2.19. The van der Waals surface area contributed by atoms with E-state index in [2.05, 4.69) is 15.5 Å². The zero-order valence-corrected chi connectivity index (χ0v) is 9.90. The van der Waals surface area contributed by atoms with Gasteiger partial charge in [-0.1, -0.05) is 0 Å². The fourth-order valence-corrected chi connectivity index (χ4v) is 1.04. The number of carbonyl (C=O) groups is 2. The number of amides is 1. The number of nitrogens with zero attached hydrogens (tertiary/aromatic N) is 1. The van der Waals surface area contributed by atoms with Crippen LogP contribution < -0.4 is 5.32 Å². The smallest absolute Gasteiger partial charge is 0.407 e. The van der Waals surface area contributed by atoms with Gasteiger partial charge in [-0.2, -0.15) is 5.10 Å². The normalized spacial score (nSPS) is 11.0. The van der Waals surface area contributed by atoms with Gasteiger partial charge in [-0.15, -0.1) is 0 Å². The van der Waals surface area contributed by atoms with E-state index in [1.165, 1.54) is 6.07 Å². The molecule has 1 rings (SSSR count). The van der Waals surface area contributed by atoms with Crippen molar-refractivity contribution >= 4 is 12.1 Å². The monoisotopic (exact) mass is 241 g/mol. The summed E-state index contributed by atoms with van der Waals surface area (Å²) in [4.78, 5) is 21.8. The SMILES string of the molecule is CC(C)(C)OC(=O)NCc1cc(C(=O)O)[nH]n1. The van der Waals surface area contributed by atoms with E-state index in [0.29, 0.717) is 5.69 Å². The lowest BCUT2D eigenvalue weighted by Crippen LogP contribution is -2.32. The summed E-state index contributed by atoms with van der Waals surface area (Å²) >= 11 is 0. The minimum Gasteiger partial charge on any atom is -0.477 e. The first-order valence-corrected chi connectivity index (χ1v) is 5.02. The molecule has 3 N–H and O–H groups in total. The van der Waals surface area contributed by atoms with Crippen molar-refractivity contribution in [2.24, 2.45) is 0 Å². The summed E-state index contributed by atoms with van der Waals surface area (Å²) in [6.45, 7) is 5.37. The van der Waals surface area contributed by atoms with E-state index in [4.69, 9.17) is 9.84 Å². The van der Waals surface area contributed by atoms with Crippen LogP contribution in [0.15, 0.2) is 6.07 Å². The molecule has 1 aromatic rings. The van der Waals surface area contributed by atoms with Crippen LogP contribution in [0.1, 0.15) is 37.0 Å². The number of ether oxygens (including phenoxy) is 1. The Balaban J connectivity index is 2.45. The lowest BCUT2D eigenvalue weighted by atomic mass is 10.2. The number of carboxylic acids is 1. The maximum atomic E-state index is 11.3. The number of hydrogen-bond acceptors (Lipinski definition) is 4. The van der Waals surface area contributed by atoms with Gasteiger partial charge in [-0.3, -0.25) is 5.10 Å². The molecule has 1 heterocycles. The molecular weight excluding hydrogens is 226 g/mol. The van der Waals surface area contributed by atoms with Crippen LogP contribution in [0.2, 0.25) is 0 Å². The van der Waals surface area contributed by atoms with Crippen LogP contribution in [-0.4, -0.2) is 33.0 Å². The third kappa shape index (κ3) is 4.54. The highest BCUT2D eigenvalue weighted by atomic mass is 16.6. The molecule has 0 saturated carbocycles. The molecule has 0 spiro atoms. The minimum absolute atomic E-state index is 0.0222. The quantitative estimate of drug-likeness (QED) is 0.735. The number of rotatable bonds is 3. The van der Waals surface area contributed by atoms with Crippen LogP contribution >= 0.6 is 0 Å². The number of hydrogen-bond donors (Lipinski definition) is 3. The Hall–Kier alpha value is -2.05. The van der Waals surface area contributed by atoms with E-state index in [9.17, 15) is 9.59 Å². The van der Waals surface area contributed by atoms with Crippen molar-refractivity contribution in [1.82, 2.24) is 15.5 Å². The molecule has 17 heavy (non-hydrogen) atoms. The zero-order valence-electron chi connectivity index (χ0n) is 9.90. The molecular formula is C10H15N3O4. The van der Waals surface area contributed by atoms with E-state index in [0.717, 1.165) is 0 Å². The lowest BCUT2D eigenvalue weighted by molar-refractivity contribution is 0.0522. The van der Waals surface area contributed by atoms with Crippen LogP contribution in [0.25, 0.3) is 0 Å². The second-order valence-electron chi connectivity index (χ2n) is 4.43. The summed E-state index contributed by atoms with van der Waals surface area (Å²) in [6.07, 6.45) is -0.572. The van der Waals surface area contributed by atoms with Crippen molar-refractivity contribution in [2.45, 2.75) is 32.9 Å². The molecule has 1 aromatic heterocycles. The van der Waals surface area contributed by atoms with Gasteiger partial charge in [0.1, 0.15) is 11.3 Å². The molecule has 0 bridgehead atoms. The molecule has 0 atom stereocenters. The van der Waals surface area contributed by atoms with E-state index >= 15 is 0 Å². The number of aromatic amines is 1. The maximum Gasteiger partial charge on any atom is 0.407 e. The number of carboxylic acid groups (broad SMARTS) is 1. The Kier molecular flexibility index (Phi) is 3.72. The topological polar surface area (TPSA) is 104 Å². The molecule has 0 unspecified atom stereocenters. The van der Waals surface area contributed by atoms with Gasteiger partial charge in [0.15, 0.2) is 0 Å². The van der Waals surface area contributed by atoms with Gasteiger partial charge in [-0.25, -0.2) is 9.59 Å². The van der Waals surface area contributed by atoms with Gasteiger partial charge in [0, 0.05) is 0 Å². The second kappa shape index (κ2) is 4.86. The maximum absolute atomic E-state index is 11.3. The van der Waals surface area contributed by atoms with E-state index < -0.39 is 17.7 Å². The molecule has 0 aliphatic rings. The van der Waals surface area contributed by atoms with Gasteiger partial charge in [-0.05, 0) is 26.8 Å². The standard InChI is InChI=1S/C10H15N3O4/c1-10(2,3)17-9(16)11-5-6-4-7(8(14)15)13-12-6/h4H,5H2,1-3H3,(H,11,16)(H,12,13)(H,14,15). The van der Waals surface area contributed by atoms with Crippen molar-refractivity contribution in [1.29, 1.82) is 0 Å². The number of aromatic nitrogens is 2. The summed E-state index contributed by atoms with van der Waals surface area (Å²) in [5.74, 6) is -1.10. The summed E-state index contributed by atoms with van der Waals surface area (Å²) < 4.78 is 5.01. The van der Waals surface area contributed by atoms with E-state index in [1.807, 2.05) is 0 Å². The Labute approximate surface area is 98.2 Å². The highest BCUT2D eigenvalue weighted by molar-refractivity contribution is 5.85. The minimum atomic E-state index is -1.10. The van der Waals surface area contributed by atoms with Crippen molar-refractivity contribution in [3.8, 4) is 0 Å². The Morgan fingerprint density at radius 2 is 2.18 bits per heavy atom. The molecule has 0 aliphatic carbocycles. The Morgan fingerprint density at radius 1 is 1.53 bits per heavy atom. The Bertz CT molecular complexity index is 419. The number of aromatic carboxylic acids is 1. The summed E-state index contributed by atoms with van der Waals surface area (Å²) in [7, 11) is 0. The first-order valence-electron chi connectivity index (χ1n) is 5.02. The summed E-state index contributed by atoms with van der Waals surface area (Å²) in [6, 6.07) is 1.35. The third-order valence-electron chi connectivity index (χ3n) is 1.67. The fraction of sp³-hybridized carbons (Fsp3) is 0.500. The largest absolute Gasteiger partial charge is 0.477 e. The molecule has 94 valence electrons. The first-order chi connectivity index (χ1) is 7.78. The predicted octanol–water partition coefficient (Wildman–Crippen LogP) is 1.13. The van der Waals surface area contributed by atoms with Crippen LogP contribution in [0, 0.1) is 0 Å². The molecule has 0 aromatic carbocycles. The average Bonchev–Trinajstić information content (AvgIpc) is 2.60. The molecule has 0 aliphatic heterocycles. The van der Waals surface area contributed by atoms with Crippen molar-refractivity contribution in [3.05, 3.63) is 17.5 Å². The first kappa shape index (κ1) is 13.0. The number of carbonyl (C=O) groups excluding carboxylic acids is 1. The van der Waals surface area contributed by atoms with Gasteiger partial charge in [0.2, 0.25) is 0 Å². The van der Waals surface area contributed by atoms with Crippen molar-refractivity contribution in [2.75, 3.05) is 0 Å². The molecule has 0 radical (unpaired) electrons. The van der Waals surface area contributed by atoms with Gasteiger partial charge < -0.3 is 15.2 Å². The number of alkyl carbamates (subject to hydrolysis) is 1. The molecule has 0 fully saturated rings. The third-order valence-corrected chi connectivity index (χ3v) is 1.67. The molecule has 7 heteroatoms. The fourth-order valence-electron chi connectivity index (χ4n) is 1.04. The van der Waals surface area contributed by atoms with Crippen molar-refractivity contribution in [3.63, 3.8) is 0 Å². The van der Waals surface area contributed by atoms with E-state index in [-0.39, 0.29) is 12.2 Å². The highest BCUT2D eigenvalue weighted by Crippen LogP contribution is 2.07. The predicted molar refractivity (Wildman–Crippen MR) is 58.6 cm³/mol. The average molecular weight is 241 g/mol. The van der Waals surface area contributed by atoms with Gasteiger partial charge >= 0.3 is 12.1 Å². The zero-order chi connectivity index (χ0) is 13.1. The highest BCUT2D eigenvalue weighted by Gasteiger charge is 2.16. The summed E-state index contributed by atoms with van der Waals surface area (Å²) in [5.41, 5.74) is -0.165. The van der Waals surface area contributed by atoms with Gasteiger partial charge in [0.05, 0.1) is 12.2 Å². The molecule has 0 saturated heterocycles. The molecule has 7 nitrogen and oxygen atoms in total. The van der Waals surface area contributed by atoms with Crippen LogP contribution in [-0.2, 0) is 11.3 Å². The second-order valence-corrected chi connectivity index (χ2v) is 4.43. The molecule has 1 amide bonds. The van der Waals surface area contributed by atoms with E-state index in [1.54, 1.807) is 20.8 Å².